The second-order valence-electron chi connectivity index (χ2n) is 5.92. The fraction of sp³-hybridized carbons (Fsp3) is 0.562. The van der Waals surface area contributed by atoms with Crippen molar-refractivity contribution in [2.75, 3.05) is 23.3 Å². The van der Waals surface area contributed by atoms with Gasteiger partial charge < -0.3 is 10.2 Å². The van der Waals surface area contributed by atoms with Crippen LogP contribution in [-0.2, 0) is 4.79 Å². The maximum absolute atomic E-state index is 13.3. The molecule has 1 heterocycles. The van der Waals surface area contributed by atoms with Crippen molar-refractivity contribution in [2.45, 2.75) is 38.0 Å². The lowest BCUT2D eigenvalue weighted by atomic mass is 9.85. The van der Waals surface area contributed by atoms with Gasteiger partial charge in [-0.15, -0.1) is 0 Å². The van der Waals surface area contributed by atoms with Crippen molar-refractivity contribution in [3.8, 4) is 0 Å². The molecule has 1 aromatic rings. The number of amides is 1. The van der Waals surface area contributed by atoms with E-state index in [9.17, 15) is 13.6 Å². The molecule has 0 spiro atoms. The van der Waals surface area contributed by atoms with Gasteiger partial charge in [-0.3, -0.25) is 4.79 Å². The molecule has 0 aromatic heterocycles. The van der Waals surface area contributed by atoms with Gasteiger partial charge in [-0.25, -0.2) is 8.78 Å². The van der Waals surface area contributed by atoms with Crippen LogP contribution in [0.4, 0.5) is 20.2 Å². The molecule has 21 heavy (non-hydrogen) atoms. The second-order valence-corrected chi connectivity index (χ2v) is 5.92. The molecule has 3 nitrogen and oxygen atoms in total. The van der Waals surface area contributed by atoms with Gasteiger partial charge in [-0.05, 0) is 31.4 Å². The van der Waals surface area contributed by atoms with E-state index in [0.29, 0.717) is 6.54 Å². The van der Waals surface area contributed by atoms with Gasteiger partial charge in [0, 0.05) is 31.8 Å². The zero-order chi connectivity index (χ0) is 14.9. The summed E-state index contributed by atoms with van der Waals surface area (Å²) >= 11 is 0. The molecule has 2 aliphatic rings. The molecule has 3 rings (SSSR count). The first-order valence-electron chi connectivity index (χ1n) is 7.59. The number of halogens is 2. The Morgan fingerprint density at radius 2 is 1.95 bits per heavy atom. The molecule has 1 saturated carbocycles. The second kappa shape index (κ2) is 5.62. The molecule has 0 unspecified atom stereocenters. The first kappa shape index (κ1) is 14.3. The van der Waals surface area contributed by atoms with Crippen LogP contribution in [0.5, 0.6) is 0 Å². The highest BCUT2D eigenvalue weighted by molar-refractivity contribution is 5.98. The maximum atomic E-state index is 13.3. The summed E-state index contributed by atoms with van der Waals surface area (Å²) in [5.74, 6) is -2.85. The van der Waals surface area contributed by atoms with E-state index in [1.165, 1.54) is 0 Å². The standard InChI is InChI=1S/C16H20F2N2O/c17-16(18)8-6-12(7-9-16)15(21)20-11-3-10-19-13-4-1-2-5-14(13)20/h1-2,4-5,12,19H,3,6-11H2. The van der Waals surface area contributed by atoms with Gasteiger partial charge >= 0.3 is 0 Å². The Balaban J connectivity index is 1.78. The van der Waals surface area contributed by atoms with Gasteiger partial charge in [0.05, 0.1) is 11.4 Å². The number of rotatable bonds is 1. The Morgan fingerprint density at radius 3 is 2.71 bits per heavy atom. The first-order chi connectivity index (χ1) is 10.1. The summed E-state index contributed by atoms with van der Waals surface area (Å²) in [6.07, 6.45) is 1.10. The zero-order valence-corrected chi connectivity index (χ0v) is 11.9. The van der Waals surface area contributed by atoms with Crippen molar-refractivity contribution < 1.29 is 13.6 Å². The van der Waals surface area contributed by atoms with Gasteiger partial charge in [0.1, 0.15) is 0 Å². The van der Waals surface area contributed by atoms with Crippen molar-refractivity contribution in [3.05, 3.63) is 24.3 Å². The summed E-state index contributed by atoms with van der Waals surface area (Å²) in [5.41, 5.74) is 1.82. The lowest BCUT2D eigenvalue weighted by Gasteiger charge is -2.32. The molecule has 1 amide bonds. The van der Waals surface area contributed by atoms with E-state index in [0.717, 1.165) is 24.3 Å². The van der Waals surface area contributed by atoms with E-state index in [1.807, 2.05) is 24.3 Å². The quantitative estimate of drug-likeness (QED) is 0.857. The zero-order valence-electron chi connectivity index (χ0n) is 11.9. The number of hydrogen-bond acceptors (Lipinski definition) is 2. The van der Waals surface area contributed by atoms with Gasteiger partial charge in [-0.2, -0.15) is 0 Å². The van der Waals surface area contributed by atoms with E-state index < -0.39 is 5.92 Å². The maximum Gasteiger partial charge on any atom is 0.248 e. The molecule has 5 heteroatoms. The van der Waals surface area contributed by atoms with E-state index in [4.69, 9.17) is 0 Å². The molecule has 1 aliphatic carbocycles. The smallest absolute Gasteiger partial charge is 0.248 e. The molecule has 1 N–H and O–H groups in total. The Morgan fingerprint density at radius 1 is 1.24 bits per heavy atom. The normalized spacial score (nSPS) is 22.1. The Kier molecular flexibility index (Phi) is 3.83. The SMILES string of the molecule is O=C(C1CCC(F)(F)CC1)N1CCCNc2ccccc21. The number of benzene rings is 1. The highest BCUT2D eigenvalue weighted by Gasteiger charge is 2.39. The molecule has 0 saturated heterocycles. The Hall–Kier alpha value is -1.65. The van der Waals surface area contributed by atoms with Crippen LogP contribution in [0.3, 0.4) is 0 Å². The number of fused-ring (bicyclic) bond motifs is 1. The van der Waals surface area contributed by atoms with Crippen molar-refractivity contribution >= 4 is 17.3 Å². The number of anilines is 2. The summed E-state index contributed by atoms with van der Waals surface area (Å²) in [5, 5.41) is 3.31. The molecule has 114 valence electrons. The summed E-state index contributed by atoms with van der Waals surface area (Å²) < 4.78 is 26.5. The fourth-order valence-corrected chi connectivity index (χ4v) is 3.18. The van der Waals surface area contributed by atoms with Gasteiger partial charge in [0.2, 0.25) is 11.8 Å². The predicted molar refractivity (Wildman–Crippen MR) is 78.8 cm³/mol. The minimum absolute atomic E-state index is 0.00153. The average molecular weight is 294 g/mol. The number of para-hydroxylation sites is 2. The monoisotopic (exact) mass is 294 g/mol. The van der Waals surface area contributed by atoms with Gasteiger partial charge in [0.15, 0.2) is 0 Å². The number of carbonyl (C=O) groups excluding carboxylic acids is 1. The minimum Gasteiger partial charge on any atom is -0.383 e. The van der Waals surface area contributed by atoms with Crippen LogP contribution in [0.15, 0.2) is 24.3 Å². The summed E-state index contributed by atoms with van der Waals surface area (Å²) in [4.78, 5) is 14.5. The third-order valence-corrected chi connectivity index (χ3v) is 4.40. The topological polar surface area (TPSA) is 32.3 Å². The number of alkyl halides is 2. The summed E-state index contributed by atoms with van der Waals surface area (Å²) in [7, 11) is 0. The van der Waals surface area contributed by atoms with Crippen molar-refractivity contribution in [3.63, 3.8) is 0 Å². The van der Waals surface area contributed by atoms with Crippen molar-refractivity contribution in [1.82, 2.24) is 0 Å². The number of nitrogens with zero attached hydrogens (tertiary/aromatic N) is 1. The van der Waals surface area contributed by atoms with Crippen LogP contribution in [0.25, 0.3) is 0 Å². The van der Waals surface area contributed by atoms with Crippen LogP contribution in [0.2, 0.25) is 0 Å². The molecule has 1 fully saturated rings. The summed E-state index contributed by atoms with van der Waals surface area (Å²) in [6, 6.07) is 7.71. The molecular formula is C16H20F2N2O. The van der Waals surface area contributed by atoms with Crippen molar-refractivity contribution in [2.24, 2.45) is 5.92 Å². The Bertz CT molecular complexity index is 523. The lowest BCUT2D eigenvalue weighted by molar-refractivity contribution is -0.126. The molecule has 0 atom stereocenters. The predicted octanol–water partition coefficient (Wildman–Crippen LogP) is 3.66. The lowest BCUT2D eigenvalue weighted by Crippen LogP contribution is -2.39. The van der Waals surface area contributed by atoms with E-state index in [2.05, 4.69) is 5.32 Å². The third-order valence-electron chi connectivity index (χ3n) is 4.40. The number of hydrogen-bond donors (Lipinski definition) is 1. The van der Waals surface area contributed by atoms with Crippen LogP contribution < -0.4 is 10.2 Å². The van der Waals surface area contributed by atoms with Crippen LogP contribution in [0.1, 0.15) is 32.1 Å². The highest BCUT2D eigenvalue weighted by Crippen LogP contribution is 2.38. The molecule has 0 bridgehead atoms. The third kappa shape index (κ3) is 3.01. The van der Waals surface area contributed by atoms with Crippen LogP contribution in [-0.4, -0.2) is 24.9 Å². The van der Waals surface area contributed by atoms with E-state index >= 15 is 0 Å². The average Bonchev–Trinajstić information content (AvgIpc) is 2.69. The van der Waals surface area contributed by atoms with Crippen LogP contribution in [0, 0.1) is 5.92 Å². The largest absolute Gasteiger partial charge is 0.383 e. The Labute approximate surface area is 123 Å². The minimum atomic E-state index is -2.59. The fourth-order valence-electron chi connectivity index (χ4n) is 3.18. The summed E-state index contributed by atoms with van der Waals surface area (Å²) in [6.45, 7) is 1.47. The number of nitrogens with one attached hydrogen (secondary N) is 1. The molecule has 1 aliphatic heterocycles. The van der Waals surface area contributed by atoms with Crippen molar-refractivity contribution in [1.29, 1.82) is 0 Å². The van der Waals surface area contributed by atoms with E-state index in [1.54, 1.807) is 4.90 Å². The van der Waals surface area contributed by atoms with Gasteiger partial charge in [-0.1, -0.05) is 12.1 Å². The highest BCUT2D eigenvalue weighted by atomic mass is 19.3. The first-order valence-corrected chi connectivity index (χ1v) is 7.59. The molecule has 0 radical (unpaired) electrons. The number of carbonyl (C=O) groups is 1. The van der Waals surface area contributed by atoms with E-state index in [-0.39, 0.29) is 37.5 Å². The molecular weight excluding hydrogens is 274 g/mol. The van der Waals surface area contributed by atoms with Crippen LogP contribution >= 0.6 is 0 Å². The molecule has 1 aromatic carbocycles. The van der Waals surface area contributed by atoms with Gasteiger partial charge in [0.25, 0.3) is 0 Å².